The molecule has 1 heterocycles. The van der Waals surface area contributed by atoms with E-state index in [0.717, 1.165) is 0 Å². The third kappa shape index (κ3) is 3.33. The zero-order valence-electron chi connectivity index (χ0n) is 11.9. The maximum atomic E-state index is 11.5. The Morgan fingerprint density at radius 3 is 2.04 bits per heavy atom. The van der Waals surface area contributed by atoms with Crippen LogP contribution >= 0.6 is 35.6 Å². The van der Waals surface area contributed by atoms with Crippen LogP contribution in [0.1, 0.15) is 16.7 Å². The predicted molar refractivity (Wildman–Crippen MR) is 94.3 cm³/mol. The van der Waals surface area contributed by atoms with E-state index in [4.69, 9.17) is 23.2 Å². The molecule has 0 fully saturated rings. The number of nitrogens with zero attached hydrogens (tertiary/aromatic N) is 2. The van der Waals surface area contributed by atoms with Gasteiger partial charge in [0.15, 0.2) is 0 Å². The van der Waals surface area contributed by atoms with Gasteiger partial charge in [-0.15, -0.1) is 12.4 Å². The molecule has 118 valence electrons. The number of hydrogen-bond donors (Lipinski definition) is 1. The third-order valence-corrected chi connectivity index (χ3v) is 4.09. The van der Waals surface area contributed by atoms with Gasteiger partial charge in [0.05, 0.1) is 0 Å². The normalized spacial score (nSPS) is 13.0. The molecular weight excluding hydrogens is 355 g/mol. The van der Waals surface area contributed by atoms with Gasteiger partial charge in [-0.1, -0.05) is 53.5 Å². The average molecular weight is 368 g/mol. The van der Waals surface area contributed by atoms with Crippen molar-refractivity contribution >= 4 is 35.6 Å². The summed E-state index contributed by atoms with van der Waals surface area (Å²) in [6.45, 7) is 0. The Morgan fingerprint density at radius 2 is 1.43 bits per heavy atom. The molecule has 0 aliphatic rings. The van der Waals surface area contributed by atoms with Gasteiger partial charge in [-0.05, 0) is 23.8 Å². The molecule has 0 radical (unpaired) electrons. The molecule has 2 aromatic carbocycles. The topological polar surface area (TPSA) is 46.0 Å². The molecule has 1 N–H and O–H groups in total. The second-order valence-electron chi connectivity index (χ2n) is 4.82. The van der Waals surface area contributed by atoms with E-state index in [9.17, 15) is 5.11 Å². The zero-order chi connectivity index (χ0) is 15.6. The molecule has 3 aromatic rings. The van der Waals surface area contributed by atoms with Crippen molar-refractivity contribution in [2.75, 3.05) is 0 Å². The molecule has 3 nitrogen and oxygen atoms in total. The first-order chi connectivity index (χ1) is 10.6. The molecule has 0 saturated heterocycles. The highest BCUT2D eigenvalue weighted by atomic mass is 35.5. The Balaban J connectivity index is 0.00000192. The summed E-state index contributed by atoms with van der Waals surface area (Å²) in [5.41, 5.74) is 0.281. The summed E-state index contributed by atoms with van der Waals surface area (Å²) < 4.78 is 0. The predicted octanol–water partition coefficient (Wildman–Crippen LogP) is 4.49. The number of benzene rings is 2. The van der Waals surface area contributed by atoms with Crippen LogP contribution in [0.15, 0.2) is 67.3 Å². The summed E-state index contributed by atoms with van der Waals surface area (Å²) in [5.74, 6) is 0. The van der Waals surface area contributed by atoms with Gasteiger partial charge in [0.1, 0.15) is 11.9 Å². The van der Waals surface area contributed by atoms with Crippen LogP contribution in [0.5, 0.6) is 0 Å². The summed E-state index contributed by atoms with van der Waals surface area (Å²) in [6, 6.07) is 14.1. The van der Waals surface area contributed by atoms with Crippen molar-refractivity contribution in [3.05, 3.63) is 94.0 Å². The fraction of sp³-hybridized carbons (Fsp3) is 0.0588. The average Bonchev–Trinajstić information content (AvgIpc) is 2.56. The molecule has 1 aromatic heterocycles. The van der Waals surface area contributed by atoms with Crippen molar-refractivity contribution in [2.24, 2.45) is 0 Å². The Hall–Kier alpha value is -1.65. The van der Waals surface area contributed by atoms with Crippen molar-refractivity contribution < 1.29 is 5.11 Å². The van der Waals surface area contributed by atoms with E-state index in [1.54, 1.807) is 48.8 Å². The van der Waals surface area contributed by atoms with Crippen LogP contribution in [0.2, 0.25) is 10.0 Å². The van der Waals surface area contributed by atoms with E-state index in [1.165, 1.54) is 6.33 Å². The summed E-state index contributed by atoms with van der Waals surface area (Å²) >= 11 is 12.3. The lowest BCUT2D eigenvalue weighted by molar-refractivity contribution is 0.125. The SMILES string of the molecule is Cl.OC(c1ccc(Cl)cc1)(c1cncnc1)c1ccccc1Cl. The van der Waals surface area contributed by atoms with Crippen LogP contribution in [-0.4, -0.2) is 15.1 Å². The smallest absolute Gasteiger partial charge is 0.144 e. The second kappa shape index (κ2) is 7.28. The minimum Gasteiger partial charge on any atom is -0.376 e. The number of hydrogen-bond acceptors (Lipinski definition) is 3. The molecule has 3 rings (SSSR count). The molecule has 0 aliphatic carbocycles. The fourth-order valence-corrected chi connectivity index (χ4v) is 2.81. The molecule has 1 unspecified atom stereocenters. The fourth-order valence-electron chi connectivity index (χ4n) is 2.41. The molecule has 0 aliphatic heterocycles. The van der Waals surface area contributed by atoms with Crippen molar-refractivity contribution in [1.82, 2.24) is 9.97 Å². The highest BCUT2D eigenvalue weighted by Gasteiger charge is 2.36. The van der Waals surface area contributed by atoms with Crippen LogP contribution < -0.4 is 0 Å². The molecule has 6 heteroatoms. The number of halogens is 3. The highest BCUT2D eigenvalue weighted by Crippen LogP contribution is 2.39. The summed E-state index contributed by atoms with van der Waals surface area (Å²) in [6.07, 6.45) is 4.56. The maximum Gasteiger partial charge on any atom is 0.144 e. The lowest BCUT2D eigenvalue weighted by atomic mass is 9.81. The van der Waals surface area contributed by atoms with Crippen molar-refractivity contribution in [3.8, 4) is 0 Å². The van der Waals surface area contributed by atoms with Gasteiger partial charge < -0.3 is 5.11 Å². The molecule has 0 bridgehead atoms. The molecular formula is C17H13Cl3N2O. The van der Waals surface area contributed by atoms with Crippen molar-refractivity contribution in [1.29, 1.82) is 0 Å². The molecule has 0 spiro atoms. The van der Waals surface area contributed by atoms with Crippen LogP contribution in [-0.2, 0) is 5.60 Å². The zero-order valence-corrected chi connectivity index (χ0v) is 14.2. The van der Waals surface area contributed by atoms with E-state index in [0.29, 0.717) is 26.7 Å². The lowest BCUT2D eigenvalue weighted by Gasteiger charge is -2.30. The van der Waals surface area contributed by atoms with Crippen LogP contribution in [0.25, 0.3) is 0 Å². The largest absolute Gasteiger partial charge is 0.376 e. The van der Waals surface area contributed by atoms with Gasteiger partial charge in [-0.3, -0.25) is 0 Å². The van der Waals surface area contributed by atoms with Crippen LogP contribution in [0.4, 0.5) is 0 Å². The number of aliphatic hydroxyl groups is 1. The lowest BCUT2D eigenvalue weighted by Crippen LogP contribution is -2.29. The number of rotatable bonds is 3. The molecule has 1 atom stereocenters. The van der Waals surface area contributed by atoms with Gasteiger partial charge in [-0.25, -0.2) is 9.97 Å². The van der Waals surface area contributed by atoms with E-state index < -0.39 is 5.60 Å². The standard InChI is InChI=1S/C17H12Cl2N2O.ClH/c18-14-7-5-12(6-8-14)17(22,13-9-20-11-21-10-13)15-3-1-2-4-16(15)19;/h1-11,22H;1H. The summed E-state index contributed by atoms with van der Waals surface area (Å²) in [7, 11) is 0. The van der Waals surface area contributed by atoms with Crippen molar-refractivity contribution in [3.63, 3.8) is 0 Å². The van der Waals surface area contributed by atoms with E-state index in [1.807, 2.05) is 12.1 Å². The van der Waals surface area contributed by atoms with Gasteiger partial charge >= 0.3 is 0 Å². The maximum absolute atomic E-state index is 11.5. The Labute approximate surface area is 150 Å². The van der Waals surface area contributed by atoms with Gasteiger partial charge in [0, 0.05) is 33.6 Å². The third-order valence-electron chi connectivity index (χ3n) is 3.50. The summed E-state index contributed by atoms with van der Waals surface area (Å²) in [4.78, 5) is 8.02. The first-order valence-corrected chi connectivity index (χ1v) is 7.37. The monoisotopic (exact) mass is 366 g/mol. The quantitative estimate of drug-likeness (QED) is 0.742. The van der Waals surface area contributed by atoms with Gasteiger partial charge in [0.2, 0.25) is 0 Å². The Kier molecular flexibility index (Phi) is 5.60. The van der Waals surface area contributed by atoms with E-state index in [2.05, 4.69) is 9.97 Å². The van der Waals surface area contributed by atoms with Crippen molar-refractivity contribution in [2.45, 2.75) is 5.60 Å². The Morgan fingerprint density at radius 1 is 0.826 bits per heavy atom. The minimum absolute atomic E-state index is 0. The molecule has 0 amide bonds. The minimum atomic E-state index is -1.45. The second-order valence-corrected chi connectivity index (χ2v) is 5.67. The Bertz CT molecular complexity index is 781. The first-order valence-electron chi connectivity index (χ1n) is 6.61. The van der Waals surface area contributed by atoms with Gasteiger partial charge in [0.25, 0.3) is 0 Å². The molecule has 23 heavy (non-hydrogen) atoms. The van der Waals surface area contributed by atoms with Crippen LogP contribution in [0.3, 0.4) is 0 Å². The first kappa shape index (κ1) is 17.7. The van der Waals surface area contributed by atoms with E-state index >= 15 is 0 Å². The number of aromatic nitrogens is 2. The van der Waals surface area contributed by atoms with Crippen LogP contribution in [0, 0.1) is 0 Å². The summed E-state index contributed by atoms with van der Waals surface area (Å²) in [5, 5.41) is 12.5. The van der Waals surface area contributed by atoms with E-state index in [-0.39, 0.29) is 12.4 Å². The molecule has 0 saturated carbocycles. The van der Waals surface area contributed by atoms with Gasteiger partial charge in [-0.2, -0.15) is 0 Å². The highest BCUT2D eigenvalue weighted by molar-refractivity contribution is 6.31.